The smallest absolute Gasteiger partial charge is 0.223 e. The van der Waals surface area contributed by atoms with Crippen LogP contribution in [-0.4, -0.2) is 38.3 Å². The fourth-order valence-corrected chi connectivity index (χ4v) is 5.67. The molecule has 1 aromatic rings. The van der Waals surface area contributed by atoms with E-state index in [-0.39, 0.29) is 17.6 Å². The molecule has 6 heteroatoms. The molecule has 2 aliphatic rings. The largest absolute Gasteiger partial charge is 0.356 e. The van der Waals surface area contributed by atoms with Crippen LogP contribution in [0.25, 0.3) is 0 Å². The molecule has 1 N–H and O–H groups in total. The van der Waals surface area contributed by atoms with E-state index in [9.17, 15) is 13.2 Å². The van der Waals surface area contributed by atoms with Crippen molar-refractivity contribution in [3.63, 3.8) is 0 Å². The van der Waals surface area contributed by atoms with Crippen molar-refractivity contribution >= 4 is 15.9 Å². The van der Waals surface area contributed by atoms with Crippen LogP contribution in [0.1, 0.15) is 56.1 Å². The summed E-state index contributed by atoms with van der Waals surface area (Å²) in [6.45, 7) is 3.51. The highest BCUT2D eigenvalue weighted by molar-refractivity contribution is 7.88. The number of benzene rings is 1. The van der Waals surface area contributed by atoms with Crippen LogP contribution in [0, 0.1) is 12.8 Å². The molecule has 28 heavy (non-hydrogen) atoms. The van der Waals surface area contributed by atoms with Gasteiger partial charge >= 0.3 is 0 Å². The van der Waals surface area contributed by atoms with Gasteiger partial charge in [0.2, 0.25) is 15.9 Å². The summed E-state index contributed by atoms with van der Waals surface area (Å²) in [4.78, 5) is 12.4. The molecule has 1 aliphatic heterocycles. The lowest BCUT2D eigenvalue weighted by molar-refractivity contribution is -0.126. The molecule has 0 spiro atoms. The van der Waals surface area contributed by atoms with Crippen molar-refractivity contribution < 1.29 is 13.2 Å². The highest BCUT2D eigenvalue weighted by Gasteiger charge is 2.31. The molecule has 0 bridgehead atoms. The first-order valence-electron chi connectivity index (χ1n) is 10.4. The summed E-state index contributed by atoms with van der Waals surface area (Å²) in [5, 5.41) is 3.05. The summed E-state index contributed by atoms with van der Waals surface area (Å²) in [6, 6.07) is 7.62. The summed E-state index contributed by atoms with van der Waals surface area (Å²) >= 11 is 0. The maximum absolute atomic E-state index is 12.7. The van der Waals surface area contributed by atoms with Gasteiger partial charge in [0.25, 0.3) is 0 Å². The monoisotopic (exact) mass is 404 g/mol. The number of sulfonamides is 1. The standard InChI is InChI=1S/C22H32N2O3S/c1-18-6-5-9-20(16-18)17-28(26,27)24-14-11-21(12-15-24)22(25)23-13-10-19-7-3-2-4-8-19/h5-7,9,16,21H,2-4,8,10-15,17H2,1H3,(H,23,25). The van der Waals surface area contributed by atoms with Crippen molar-refractivity contribution in [2.75, 3.05) is 19.6 Å². The van der Waals surface area contributed by atoms with E-state index < -0.39 is 10.0 Å². The number of amides is 1. The first-order chi connectivity index (χ1) is 13.4. The van der Waals surface area contributed by atoms with Crippen LogP contribution in [0.5, 0.6) is 0 Å². The average molecular weight is 405 g/mol. The third kappa shape index (κ3) is 5.92. The van der Waals surface area contributed by atoms with Crippen LogP contribution >= 0.6 is 0 Å². The molecule has 1 fully saturated rings. The number of piperidine rings is 1. The minimum absolute atomic E-state index is 0.0284. The summed E-state index contributed by atoms with van der Waals surface area (Å²) in [7, 11) is -3.34. The number of allylic oxidation sites excluding steroid dienone is 1. The summed E-state index contributed by atoms with van der Waals surface area (Å²) in [5.74, 6) is 0.0265. The van der Waals surface area contributed by atoms with Crippen LogP contribution in [0.2, 0.25) is 0 Å². The Labute approximate surface area is 169 Å². The minimum Gasteiger partial charge on any atom is -0.356 e. The van der Waals surface area contributed by atoms with Crippen LogP contribution < -0.4 is 5.32 Å². The number of carbonyl (C=O) groups excluding carboxylic acids is 1. The van der Waals surface area contributed by atoms with Crippen LogP contribution in [0.4, 0.5) is 0 Å². The zero-order valence-electron chi connectivity index (χ0n) is 16.8. The van der Waals surface area contributed by atoms with Gasteiger partial charge in [-0.1, -0.05) is 41.5 Å². The van der Waals surface area contributed by atoms with E-state index in [0.717, 1.165) is 24.0 Å². The van der Waals surface area contributed by atoms with Gasteiger partial charge in [-0.25, -0.2) is 12.7 Å². The molecular formula is C22H32N2O3S. The first-order valence-corrected chi connectivity index (χ1v) is 12.0. The predicted octanol–water partition coefficient (Wildman–Crippen LogP) is 3.54. The lowest BCUT2D eigenvalue weighted by atomic mass is 9.96. The second kappa shape index (κ2) is 9.70. The van der Waals surface area contributed by atoms with E-state index in [1.807, 2.05) is 31.2 Å². The van der Waals surface area contributed by atoms with Gasteiger partial charge in [-0.2, -0.15) is 0 Å². The Balaban J connectivity index is 1.44. The quantitative estimate of drug-likeness (QED) is 0.707. The summed E-state index contributed by atoms with van der Waals surface area (Å²) < 4.78 is 27.0. The van der Waals surface area contributed by atoms with Crippen molar-refractivity contribution in [2.45, 2.75) is 57.6 Å². The van der Waals surface area contributed by atoms with Crippen LogP contribution in [-0.2, 0) is 20.6 Å². The van der Waals surface area contributed by atoms with E-state index >= 15 is 0 Å². The molecule has 1 amide bonds. The third-order valence-corrected chi connectivity index (χ3v) is 7.63. The van der Waals surface area contributed by atoms with E-state index in [1.165, 1.54) is 24.8 Å². The van der Waals surface area contributed by atoms with E-state index in [1.54, 1.807) is 4.31 Å². The molecule has 0 radical (unpaired) electrons. The first kappa shape index (κ1) is 21.1. The van der Waals surface area contributed by atoms with E-state index in [2.05, 4.69) is 11.4 Å². The molecule has 3 rings (SSSR count). The van der Waals surface area contributed by atoms with E-state index in [0.29, 0.717) is 32.5 Å². The number of nitrogens with zero attached hydrogens (tertiary/aromatic N) is 1. The molecule has 1 saturated heterocycles. The molecule has 5 nitrogen and oxygen atoms in total. The molecule has 1 heterocycles. The van der Waals surface area contributed by atoms with E-state index in [4.69, 9.17) is 0 Å². The van der Waals surface area contributed by atoms with Crippen molar-refractivity contribution in [3.8, 4) is 0 Å². The Morgan fingerprint density at radius 3 is 2.68 bits per heavy atom. The highest BCUT2D eigenvalue weighted by Crippen LogP contribution is 2.23. The number of hydrogen-bond acceptors (Lipinski definition) is 3. The zero-order valence-corrected chi connectivity index (χ0v) is 17.6. The highest BCUT2D eigenvalue weighted by atomic mass is 32.2. The molecular weight excluding hydrogens is 372 g/mol. The Bertz CT molecular complexity index is 809. The van der Waals surface area contributed by atoms with Gasteiger partial charge in [0.15, 0.2) is 0 Å². The number of nitrogens with one attached hydrogen (secondary N) is 1. The maximum atomic E-state index is 12.7. The summed E-state index contributed by atoms with van der Waals surface area (Å²) in [5.41, 5.74) is 3.34. The van der Waals surface area contributed by atoms with Crippen LogP contribution in [0.15, 0.2) is 35.9 Å². The number of carbonyl (C=O) groups is 1. The number of hydrogen-bond donors (Lipinski definition) is 1. The van der Waals surface area contributed by atoms with Gasteiger partial charge in [-0.05, 0) is 57.4 Å². The second-order valence-corrected chi connectivity index (χ2v) is 10.0. The van der Waals surface area contributed by atoms with Crippen molar-refractivity contribution in [3.05, 3.63) is 47.0 Å². The normalized spacial score (nSPS) is 19.2. The number of aryl methyl sites for hydroxylation is 1. The lowest BCUT2D eigenvalue weighted by Crippen LogP contribution is -2.43. The van der Waals surface area contributed by atoms with Crippen molar-refractivity contribution in [2.24, 2.45) is 5.92 Å². The Kier molecular flexibility index (Phi) is 7.30. The number of rotatable bonds is 7. The van der Waals surface area contributed by atoms with Gasteiger partial charge in [0.05, 0.1) is 5.75 Å². The predicted molar refractivity (Wildman–Crippen MR) is 112 cm³/mol. The molecule has 154 valence electrons. The fraction of sp³-hybridized carbons (Fsp3) is 0.591. The maximum Gasteiger partial charge on any atom is 0.223 e. The Hall–Kier alpha value is -1.66. The molecule has 0 aromatic heterocycles. The SMILES string of the molecule is Cc1cccc(CS(=O)(=O)N2CCC(C(=O)NCCC3=CCCCC3)CC2)c1. The molecule has 0 saturated carbocycles. The molecule has 0 unspecified atom stereocenters. The zero-order chi connectivity index (χ0) is 20.0. The van der Waals surface area contributed by atoms with Gasteiger partial charge < -0.3 is 5.32 Å². The molecule has 1 aliphatic carbocycles. The third-order valence-electron chi connectivity index (χ3n) is 5.78. The molecule has 0 atom stereocenters. The van der Waals surface area contributed by atoms with Crippen LogP contribution in [0.3, 0.4) is 0 Å². The average Bonchev–Trinajstić information content (AvgIpc) is 2.68. The van der Waals surface area contributed by atoms with Gasteiger partial charge in [-0.15, -0.1) is 0 Å². The van der Waals surface area contributed by atoms with Crippen molar-refractivity contribution in [1.29, 1.82) is 0 Å². The molecule has 1 aromatic carbocycles. The topological polar surface area (TPSA) is 66.5 Å². The van der Waals surface area contributed by atoms with Crippen molar-refractivity contribution in [1.82, 2.24) is 9.62 Å². The lowest BCUT2D eigenvalue weighted by Gasteiger charge is -2.30. The summed E-state index contributed by atoms with van der Waals surface area (Å²) in [6.07, 6.45) is 9.31. The minimum atomic E-state index is -3.34. The van der Waals surface area contributed by atoms with Gasteiger partial charge in [0.1, 0.15) is 0 Å². The van der Waals surface area contributed by atoms with Gasteiger partial charge in [0, 0.05) is 25.6 Å². The second-order valence-electron chi connectivity index (χ2n) is 8.07. The van der Waals surface area contributed by atoms with Gasteiger partial charge in [-0.3, -0.25) is 4.79 Å². The fourth-order valence-electron chi connectivity index (χ4n) is 4.12. The Morgan fingerprint density at radius 1 is 1.21 bits per heavy atom. The Morgan fingerprint density at radius 2 is 2.00 bits per heavy atom.